The van der Waals surface area contributed by atoms with Gasteiger partial charge in [0.1, 0.15) is 17.7 Å². The van der Waals surface area contributed by atoms with E-state index in [0.29, 0.717) is 17.9 Å². The summed E-state index contributed by atoms with van der Waals surface area (Å²) in [5, 5.41) is 3.33. The molecule has 28 heavy (non-hydrogen) atoms. The van der Waals surface area contributed by atoms with Gasteiger partial charge in [-0.1, -0.05) is 29.8 Å². The molecule has 0 aliphatic carbocycles. The van der Waals surface area contributed by atoms with Crippen molar-refractivity contribution in [3.05, 3.63) is 88.7 Å². The summed E-state index contributed by atoms with van der Waals surface area (Å²) in [5.41, 5.74) is 2.83. The molecule has 0 bridgehead atoms. The highest BCUT2D eigenvalue weighted by Gasteiger charge is 2.37. The Morgan fingerprint density at radius 2 is 1.86 bits per heavy atom. The minimum absolute atomic E-state index is 0.0234. The lowest BCUT2D eigenvalue weighted by Crippen LogP contribution is -2.32. The molecule has 1 atom stereocenters. The lowest BCUT2D eigenvalue weighted by atomic mass is 10.1. The largest absolute Gasteiger partial charge is 0.494 e. The fourth-order valence-electron chi connectivity index (χ4n) is 3.34. The molecule has 0 fully saturated rings. The van der Waals surface area contributed by atoms with Gasteiger partial charge in [-0.3, -0.25) is 9.69 Å². The molecule has 0 unspecified atom stereocenters. The van der Waals surface area contributed by atoms with Crippen LogP contribution in [-0.4, -0.2) is 12.5 Å². The second-order valence-electron chi connectivity index (χ2n) is 6.37. The summed E-state index contributed by atoms with van der Waals surface area (Å²) in [4.78, 5) is 14.8. The molecule has 1 N–H and O–H groups in total. The number of hydrogen-bond acceptors (Lipinski definition) is 3. The summed E-state index contributed by atoms with van der Waals surface area (Å²) in [6, 6.07) is 19.2. The Hall–Kier alpha value is -3.05. The maximum Gasteiger partial charge on any atom is 0.260 e. The Morgan fingerprint density at radius 3 is 2.57 bits per heavy atom. The highest BCUT2D eigenvalue weighted by molar-refractivity contribution is 6.31. The van der Waals surface area contributed by atoms with Crippen LogP contribution in [0.15, 0.2) is 66.7 Å². The molecule has 1 aliphatic rings. The van der Waals surface area contributed by atoms with Crippen LogP contribution in [0.4, 0.5) is 15.8 Å². The zero-order valence-corrected chi connectivity index (χ0v) is 15.9. The molecule has 1 aliphatic heterocycles. The number of amides is 1. The number of anilines is 2. The van der Waals surface area contributed by atoms with Gasteiger partial charge in [0.15, 0.2) is 0 Å². The zero-order chi connectivity index (χ0) is 19.7. The summed E-state index contributed by atoms with van der Waals surface area (Å²) in [6.45, 7) is 2.49. The number of fused-ring (bicyclic) bond motifs is 1. The molecular weight excluding hydrogens is 379 g/mol. The van der Waals surface area contributed by atoms with Crippen molar-refractivity contribution in [1.82, 2.24) is 0 Å². The quantitative estimate of drug-likeness (QED) is 0.606. The zero-order valence-electron chi connectivity index (χ0n) is 15.2. The number of nitrogens with zero attached hydrogens (tertiary/aromatic N) is 1. The first kappa shape index (κ1) is 18.3. The molecule has 1 amide bonds. The van der Waals surface area contributed by atoms with Crippen molar-refractivity contribution in [3.8, 4) is 5.75 Å². The van der Waals surface area contributed by atoms with Crippen LogP contribution < -0.4 is 15.0 Å². The Labute approximate surface area is 167 Å². The van der Waals surface area contributed by atoms with Gasteiger partial charge in [0, 0.05) is 22.5 Å². The molecule has 0 saturated heterocycles. The normalized spacial score (nSPS) is 15.5. The molecule has 142 valence electrons. The monoisotopic (exact) mass is 396 g/mol. The van der Waals surface area contributed by atoms with E-state index in [1.54, 1.807) is 17.0 Å². The molecule has 0 saturated carbocycles. The van der Waals surface area contributed by atoms with Gasteiger partial charge < -0.3 is 10.1 Å². The Morgan fingerprint density at radius 1 is 1.11 bits per heavy atom. The number of ether oxygens (including phenoxy) is 1. The smallest absolute Gasteiger partial charge is 0.260 e. The van der Waals surface area contributed by atoms with Crippen molar-refractivity contribution in [2.75, 3.05) is 16.8 Å². The van der Waals surface area contributed by atoms with Crippen LogP contribution in [0, 0.1) is 5.82 Å². The molecule has 0 aromatic heterocycles. The number of hydrogen-bond donors (Lipinski definition) is 1. The Bertz CT molecular complexity index is 1020. The summed E-state index contributed by atoms with van der Waals surface area (Å²) in [6.07, 6.45) is -0.442. The average molecular weight is 397 g/mol. The lowest BCUT2D eigenvalue weighted by Gasteiger charge is -2.27. The summed E-state index contributed by atoms with van der Waals surface area (Å²) < 4.78 is 19.0. The number of carbonyl (C=O) groups is 1. The predicted octanol–water partition coefficient (Wildman–Crippen LogP) is 5.65. The lowest BCUT2D eigenvalue weighted by molar-refractivity contribution is 0.0993. The number of benzene rings is 3. The molecule has 4 nitrogen and oxygen atoms in total. The number of nitrogens with one attached hydrogen (secondary N) is 1. The van der Waals surface area contributed by atoms with Gasteiger partial charge in [-0.2, -0.15) is 0 Å². The van der Waals surface area contributed by atoms with Crippen LogP contribution in [0.2, 0.25) is 5.02 Å². The first-order valence-corrected chi connectivity index (χ1v) is 9.33. The van der Waals surface area contributed by atoms with E-state index in [1.807, 2.05) is 49.4 Å². The first-order valence-electron chi connectivity index (χ1n) is 8.95. The van der Waals surface area contributed by atoms with Gasteiger partial charge in [-0.05, 0) is 55.5 Å². The highest BCUT2D eigenvalue weighted by Crippen LogP contribution is 2.38. The third kappa shape index (κ3) is 3.29. The van der Waals surface area contributed by atoms with Crippen molar-refractivity contribution < 1.29 is 13.9 Å². The molecule has 6 heteroatoms. The minimum Gasteiger partial charge on any atom is -0.494 e. The summed E-state index contributed by atoms with van der Waals surface area (Å²) in [7, 11) is 0. The van der Waals surface area contributed by atoms with Crippen molar-refractivity contribution in [3.63, 3.8) is 0 Å². The molecule has 1 heterocycles. The van der Waals surface area contributed by atoms with E-state index in [2.05, 4.69) is 5.32 Å². The third-order valence-corrected chi connectivity index (χ3v) is 4.90. The van der Waals surface area contributed by atoms with Crippen LogP contribution in [-0.2, 0) is 0 Å². The fourth-order valence-corrected chi connectivity index (χ4v) is 3.52. The van der Waals surface area contributed by atoms with Crippen molar-refractivity contribution >= 4 is 28.9 Å². The fraction of sp³-hybridized carbons (Fsp3) is 0.136. The van der Waals surface area contributed by atoms with Crippen molar-refractivity contribution in [2.45, 2.75) is 13.1 Å². The molecule has 3 aromatic carbocycles. The number of carbonyl (C=O) groups excluding carboxylic acids is 1. The first-order chi connectivity index (χ1) is 13.6. The minimum atomic E-state index is -0.488. The van der Waals surface area contributed by atoms with E-state index >= 15 is 0 Å². The van der Waals surface area contributed by atoms with E-state index < -0.39 is 12.0 Å². The molecule has 0 radical (unpaired) electrons. The molecule has 4 rings (SSSR count). The number of rotatable bonds is 5. The van der Waals surface area contributed by atoms with Crippen LogP contribution >= 0.6 is 11.6 Å². The average Bonchev–Trinajstić information content (AvgIpc) is 2.98. The van der Waals surface area contributed by atoms with Crippen LogP contribution in [0.3, 0.4) is 0 Å². The second kappa shape index (κ2) is 7.52. The molecule has 0 spiro atoms. The van der Waals surface area contributed by atoms with Gasteiger partial charge in [-0.15, -0.1) is 0 Å². The number of halogens is 2. The van der Waals surface area contributed by atoms with Crippen LogP contribution in [0.25, 0.3) is 0 Å². The van der Waals surface area contributed by atoms with Gasteiger partial charge >= 0.3 is 0 Å². The maximum absolute atomic E-state index is 13.5. The summed E-state index contributed by atoms with van der Waals surface area (Å²) >= 11 is 5.92. The van der Waals surface area contributed by atoms with E-state index in [-0.39, 0.29) is 10.9 Å². The van der Waals surface area contributed by atoms with Crippen LogP contribution in [0.1, 0.15) is 29.0 Å². The second-order valence-corrected chi connectivity index (χ2v) is 6.77. The standard InChI is InChI=1S/C22H18ClFN2O2/c1-2-28-16-10-8-15(9-11-16)26-21(17-5-3-4-6-18(17)22(26)27)25-14-7-12-20(24)19(23)13-14/h3-13,21,25H,2H2,1H3/t21-/m1/s1. The van der Waals surface area contributed by atoms with Gasteiger partial charge in [0.05, 0.1) is 11.6 Å². The van der Waals surface area contributed by atoms with Crippen LogP contribution in [0.5, 0.6) is 5.75 Å². The van der Waals surface area contributed by atoms with Crippen molar-refractivity contribution in [2.24, 2.45) is 0 Å². The maximum atomic E-state index is 13.5. The van der Waals surface area contributed by atoms with E-state index in [1.165, 1.54) is 12.1 Å². The van der Waals surface area contributed by atoms with Gasteiger partial charge in [0.2, 0.25) is 0 Å². The van der Waals surface area contributed by atoms with Gasteiger partial charge in [0.25, 0.3) is 5.91 Å². The molecule has 3 aromatic rings. The van der Waals surface area contributed by atoms with Crippen molar-refractivity contribution in [1.29, 1.82) is 0 Å². The highest BCUT2D eigenvalue weighted by atomic mass is 35.5. The topological polar surface area (TPSA) is 41.6 Å². The third-order valence-electron chi connectivity index (χ3n) is 4.61. The summed E-state index contributed by atoms with van der Waals surface area (Å²) in [5.74, 6) is 0.147. The van der Waals surface area contributed by atoms with E-state index in [9.17, 15) is 9.18 Å². The predicted molar refractivity (Wildman–Crippen MR) is 109 cm³/mol. The Balaban J connectivity index is 1.72. The van der Waals surface area contributed by atoms with E-state index in [0.717, 1.165) is 17.0 Å². The van der Waals surface area contributed by atoms with Gasteiger partial charge in [-0.25, -0.2) is 4.39 Å². The molecular formula is C22H18ClFN2O2. The SMILES string of the molecule is CCOc1ccc(N2C(=O)c3ccccc3[C@@H]2Nc2ccc(F)c(Cl)c2)cc1. The Kier molecular flexibility index (Phi) is 4.92. The van der Waals surface area contributed by atoms with E-state index in [4.69, 9.17) is 16.3 Å².